The minimum Gasteiger partial charge on any atom is -0.492 e. The largest absolute Gasteiger partial charge is 0.492 e. The molecule has 2 rings (SSSR count). The summed E-state index contributed by atoms with van der Waals surface area (Å²) in [5.41, 5.74) is 7.04. The van der Waals surface area contributed by atoms with Crippen LogP contribution >= 0.6 is 15.9 Å². The second-order valence-corrected chi connectivity index (χ2v) is 5.52. The predicted octanol–water partition coefficient (Wildman–Crippen LogP) is 3.13. The first-order valence-corrected chi connectivity index (χ1v) is 6.62. The number of para-hydroxylation sites is 1. The van der Waals surface area contributed by atoms with E-state index in [-0.39, 0.29) is 6.04 Å². The third-order valence-electron chi connectivity index (χ3n) is 2.75. The molecule has 0 spiro atoms. The molecular weight excluding hydrogens is 266 g/mol. The fraction of sp³-hybridized carbons (Fsp3) is 0.538. The second kappa shape index (κ2) is 5.19. The molecule has 0 saturated heterocycles. The average Bonchev–Trinajstić information content (AvgIpc) is 2.99. The molecule has 1 fully saturated rings. The van der Waals surface area contributed by atoms with Crippen molar-refractivity contribution >= 4 is 15.9 Å². The van der Waals surface area contributed by atoms with E-state index in [1.165, 1.54) is 18.4 Å². The molecule has 0 bridgehead atoms. The van der Waals surface area contributed by atoms with Crippen LogP contribution in [0.2, 0.25) is 0 Å². The summed E-state index contributed by atoms with van der Waals surface area (Å²) in [6, 6.07) is 6.31. The minimum atomic E-state index is 0.164. The Hall–Kier alpha value is -0.540. The lowest BCUT2D eigenvalue weighted by Crippen LogP contribution is -2.18. The van der Waals surface area contributed by atoms with Gasteiger partial charge in [-0.3, -0.25) is 0 Å². The molecular formula is C13H18BrNO. The van der Waals surface area contributed by atoms with Crippen molar-refractivity contribution in [2.75, 3.05) is 6.61 Å². The van der Waals surface area contributed by atoms with Gasteiger partial charge in [0.15, 0.2) is 0 Å². The van der Waals surface area contributed by atoms with Gasteiger partial charge in [-0.15, -0.1) is 0 Å². The molecule has 16 heavy (non-hydrogen) atoms. The van der Waals surface area contributed by atoms with Gasteiger partial charge in [0, 0.05) is 6.04 Å². The highest BCUT2D eigenvalue weighted by atomic mass is 79.9. The van der Waals surface area contributed by atoms with Crippen molar-refractivity contribution in [3.8, 4) is 5.75 Å². The van der Waals surface area contributed by atoms with E-state index in [0.717, 1.165) is 29.2 Å². The van der Waals surface area contributed by atoms with Gasteiger partial charge in [0.1, 0.15) is 5.75 Å². The van der Waals surface area contributed by atoms with E-state index in [2.05, 4.69) is 22.0 Å². The van der Waals surface area contributed by atoms with E-state index in [1.807, 2.05) is 19.1 Å². The maximum Gasteiger partial charge on any atom is 0.136 e. The Bertz CT molecular complexity index is 361. The Morgan fingerprint density at radius 1 is 1.50 bits per heavy atom. The third kappa shape index (κ3) is 3.22. The Kier molecular flexibility index (Phi) is 3.87. The SMILES string of the molecule is CC(N)Cc1cccc(Br)c1OCC1CC1. The number of hydrogen-bond donors (Lipinski definition) is 1. The highest BCUT2D eigenvalue weighted by Gasteiger charge is 2.23. The maximum atomic E-state index is 5.89. The van der Waals surface area contributed by atoms with Crippen LogP contribution in [0.3, 0.4) is 0 Å². The van der Waals surface area contributed by atoms with Crippen molar-refractivity contribution in [1.82, 2.24) is 0 Å². The van der Waals surface area contributed by atoms with Crippen molar-refractivity contribution in [1.29, 1.82) is 0 Å². The molecule has 0 amide bonds. The molecule has 3 heteroatoms. The Balaban J connectivity index is 2.10. The zero-order valence-electron chi connectivity index (χ0n) is 9.58. The zero-order valence-corrected chi connectivity index (χ0v) is 11.2. The highest BCUT2D eigenvalue weighted by molar-refractivity contribution is 9.10. The number of nitrogens with two attached hydrogens (primary N) is 1. The summed E-state index contributed by atoms with van der Waals surface area (Å²) in [5, 5.41) is 0. The van der Waals surface area contributed by atoms with Crippen molar-refractivity contribution in [3.63, 3.8) is 0 Å². The van der Waals surface area contributed by atoms with Crippen LogP contribution in [0.1, 0.15) is 25.3 Å². The van der Waals surface area contributed by atoms with E-state index in [9.17, 15) is 0 Å². The van der Waals surface area contributed by atoms with Gasteiger partial charge in [-0.2, -0.15) is 0 Å². The third-order valence-corrected chi connectivity index (χ3v) is 3.38. The van der Waals surface area contributed by atoms with Crippen molar-refractivity contribution in [2.45, 2.75) is 32.2 Å². The van der Waals surface area contributed by atoms with E-state index in [4.69, 9.17) is 10.5 Å². The molecule has 2 N–H and O–H groups in total. The van der Waals surface area contributed by atoms with Crippen LogP contribution in [0.4, 0.5) is 0 Å². The molecule has 1 aliphatic carbocycles. The molecule has 1 aromatic rings. The van der Waals surface area contributed by atoms with Gasteiger partial charge in [-0.05, 0) is 59.7 Å². The summed E-state index contributed by atoms with van der Waals surface area (Å²) < 4.78 is 6.92. The monoisotopic (exact) mass is 283 g/mol. The topological polar surface area (TPSA) is 35.2 Å². The van der Waals surface area contributed by atoms with Gasteiger partial charge < -0.3 is 10.5 Å². The molecule has 0 heterocycles. The van der Waals surface area contributed by atoms with Gasteiger partial charge in [0.2, 0.25) is 0 Å². The summed E-state index contributed by atoms with van der Waals surface area (Å²) in [7, 11) is 0. The van der Waals surface area contributed by atoms with Crippen molar-refractivity contribution < 1.29 is 4.74 Å². The smallest absolute Gasteiger partial charge is 0.136 e. The van der Waals surface area contributed by atoms with Gasteiger partial charge in [-0.25, -0.2) is 0 Å². The Morgan fingerprint density at radius 2 is 2.25 bits per heavy atom. The molecule has 0 aromatic heterocycles. The molecule has 1 atom stereocenters. The normalized spacial score (nSPS) is 17.2. The summed E-state index contributed by atoms with van der Waals surface area (Å²) in [6.07, 6.45) is 3.49. The number of ether oxygens (including phenoxy) is 1. The van der Waals surface area contributed by atoms with Crippen molar-refractivity contribution in [3.05, 3.63) is 28.2 Å². The quantitative estimate of drug-likeness (QED) is 0.901. The van der Waals surface area contributed by atoms with Crippen LogP contribution in [0.25, 0.3) is 0 Å². The molecule has 0 radical (unpaired) electrons. The molecule has 1 unspecified atom stereocenters. The van der Waals surface area contributed by atoms with Crippen LogP contribution in [0.5, 0.6) is 5.75 Å². The van der Waals surface area contributed by atoms with Gasteiger partial charge >= 0.3 is 0 Å². The van der Waals surface area contributed by atoms with E-state index < -0.39 is 0 Å². The summed E-state index contributed by atoms with van der Waals surface area (Å²) >= 11 is 3.54. The first-order chi connectivity index (χ1) is 7.66. The predicted molar refractivity (Wildman–Crippen MR) is 69.7 cm³/mol. The lowest BCUT2D eigenvalue weighted by Gasteiger charge is -2.14. The fourth-order valence-electron chi connectivity index (χ4n) is 1.71. The lowest BCUT2D eigenvalue weighted by molar-refractivity contribution is 0.294. The minimum absolute atomic E-state index is 0.164. The van der Waals surface area contributed by atoms with Crippen molar-refractivity contribution in [2.24, 2.45) is 11.7 Å². The number of benzene rings is 1. The number of rotatable bonds is 5. The second-order valence-electron chi connectivity index (χ2n) is 4.66. The zero-order chi connectivity index (χ0) is 11.5. The Labute approximate surface area is 105 Å². The van der Waals surface area contributed by atoms with Crippen LogP contribution in [0, 0.1) is 5.92 Å². The average molecular weight is 284 g/mol. The first kappa shape index (κ1) is 11.9. The molecule has 0 aliphatic heterocycles. The van der Waals surface area contributed by atoms with Crippen LogP contribution < -0.4 is 10.5 Å². The lowest BCUT2D eigenvalue weighted by atomic mass is 10.1. The van der Waals surface area contributed by atoms with Gasteiger partial charge in [-0.1, -0.05) is 12.1 Å². The summed E-state index contributed by atoms with van der Waals surface area (Å²) in [5.74, 6) is 1.75. The number of hydrogen-bond acceptors (Lipinski definition) is 2. The van der Waals surface area contributed by atoms with E-state index in [0.29, 0.717) is 0 Å². The standard InChI is InChI=1S/C13H18BrNO/c1-9(15)7-11-3-2-4-12(14)13(11)16-8-10-5-6-10/h2-4,9-10H,5-8,15H2,1H3. The van der Waals surface area contributed by atoms with E-state index in [1.54, 1.807) is 0 Å². The molecule has 1 aliphatic rings. The van der Waals surface area contributed by atoms with E-state index >= 15 is 0 Å². The van der Waals surface area contributed by atoms with Crippen LogP contribution in [0.15, 0.2) is 22.7 Å². The van der Waals surface area contributed by atoms with Gasteiger partial charge in [0.05, 0.1) is 11.1 Å². The van der Waals surface area contributed by atoms with Crippen LogP contribution in [-0.2, 0) is 6.42 Å². The van der Waals surface area contributed by atoms with Crippen LogP contribution in [-0.4, -0.2) is 12.6 Å². The summed E-state index contributed by atoms with van der Waals surface area (Å²) in [4.78, 5) is 0. The molecule has 88 valence electrons. The Morgan fingerprint density at radius 3 is 2.88 bits per heavy atom. The molecule has 2 nitrogen and oxygen atoms in total. The molecule has 1 aromatic carbocycles. The summed E-state index contributed by atoms with van der Waals surface area (Å²) in [6.45, 7) is 2.86. The molecule has 1 saturated carbocycles. The first-order valence-electron chi connectivity index (χ1n) is 5.82. The number of halogens is 1. The maximum absolute atomic E-state index is 5.89. The highest BCUT2D eigenvalue weighted by Crippen LogP contribution is 2.34. The fourth-order valence-corrected chi connectivity index (χ4v) is 2.23. The van der Waals surface area contributed by atoms with Gasteiger partial charge in [0.25, 0.3) is 0 Å².